The third kappa shape index (κ3) is 3.44. The van der Waals surface area contributed by atoms with Crippen LogP contribution in [0, 0.1) is 0 Å². The van der Waals surface area contributed by atoms with Crippen molar-refractivity contribution in [1.82, 2.24) is 4.90 Å². The first-order valence-electron chi connectivity index (χ1n) is 5.62. The minimum atomic E-state index is -0.433. The molecule has 0 radical (unpaired) electrons. The SMILES string of the molecule is O=C(Cl)N1CCCC(Oc2ccc(Cl)c(Cl)c2)C1. The summed E-state index contributed by atoms with van der Waals surface area (Å²) < 4.78 is 5.78. The standard InChI is InChI=1S/C12H12Cl3NO2/c13-10-4-3-8(6-11(10)14)18-9-2-1-5-16(7-9)12(15)17/h3-4,6,9H,1-2,5,7H2. The van der Waals surface area contributed by atoms with Crippen molar-refractivity contribution >= 4 is 40.2 Å². The Labute approximate surface area is 121 Å². The number of amides is 1. The average Bonchev–Trinajstić information content (AvgIpc) is 2.34. The molecule has 1 aromatic carbocycles. The summed E-state index contributed by atoms with van der Waals surface area (Å²) in [4.78, 5) is 12.7. The summed E-state index contributed by atoms with van der Waals surface area (Å²) in [7, 11) is 0. The van der Waals surface area contributed by atoms with E-state index in [0.29, 0.717) is 28.9 Å². The van der Waals surface area contributed by atoms with Crippen molar-refractivity contribution in [2.45, 2.75) is 18.9 Å². The molecule has 0 aliphatic carbocycles. The van der Waals surface area contributed by atoms with E-state index in [4.69, 9.17) is 39.5 Å². The minimum Gasteiger partial charge on any atom is -0.489 e. The summed E-state index contributed by atoms with van der Waals surface area (Å²) in [6.07, 6.45) is 1.71. The summed E-state index contributed by atoms with van der Waals surface area (Å²) in [5, 5.41) is 0.512. The Kier molecular flexibility index (Phi) is 4.60. The van der Waals surface area contributed by atoms with E-state index in [1.807, 2.05) is 0 Å². The maximum atomic E-state index is 11.1. The second-order valence-electron chi connectivity index (χ2n) is 4.16. The molecule has 0 bridgehead atoms. The van der Waals surface area contributed by atoms with Gasteiger partial charge >= 0.3 is 5.37 Å². The van der Waals surface area contributed by atoms with Crippen molar-refractivity contribution < 1.29 is 9.53 Å². The number of piperidine rings is 1. The van der Waals surface area contributed by atoms with Crippen molar-refractivity contribution in [1.29, 1.82) is 0 Å². The van der Waals surface area contributed by atoms with Gasteiger partial charge in [-0.25, -0.2) is 0 Å². The van der Waals surface area contributed by atoms with Gasteiger partial charge in [-0.15, -0.1) is 0 Å². The largest absolute Gasteiger partial charge is 0.489 e. The molecule has 1 unspecified atom stereocenters. The van der Waals surface area contributed by atoms with Crippen LogP contribution in [-0.4, -0.2) is 29.5 Å². The molecule has 2 rings (SSSR count). The average molecular weight is 309 g/mol. The van der Waals surface area contributed by atoms with E-state index in [2.05, 4.69) is 0 Å². The minimum absolute atomic E-state index is 0.0568. The van der Waals surface area contributed by atoms with E-state index in [9.17, 15) is 4.79 Å². The Morgan fingerprint density at radius 3 is 2.78 bits per heavy atom. The molecule has 1 aliphatic rings. The first-order valence-corrected chi connectivity index (χ1v) is 6.76. The third-order valence-corrected chi connectivity index (χ3v) is 3.80. The van der Waals surface area contributed by atoms with Gasteiger partial charge in [-0.1, -0.05) is 23.2 Å². The van der Waals surface area contributed by atoms with Crippen LogP contribution in [0.15, 0.2) is 18.2 Å². The van der Waals surface area contributed by atoms with Gasteiger partial charge in [0.2, 0.25) is 0 Å². The Morgan fingerprint density at radius 2 is 2.11 bits per heavy atom. The second kappa shape index (κ2) is 6.00. The Hall–Kier alpha value is -0.640. The number of nitrogens with zero attached hydrogens (tertiary/aromatic N) is 1. The van der Waals surface area contributed by atoms with E-state index in [0.717, 1.165) is 12.8 Å². The van der Waals surface area contributed by atoms with Gasteiger partial charge in [0.25, 0.3) is 0 Å². The van der Waals surface area contributed by atoms with Crippen LogP contribution in [0.3, 0.4) is 0 Å². The van der Waals surface area contributed by atoms with Crippen LogP contribution in [0.5, 0.6) is 5.75 Å². The lowest BCUT2D eigenvalue weighted by Gasteiger charge is -2.31. The van der Waals surface area contributed by atoms with Gasteiger partial charge in [-0.3, -0.25) is 4.79 Å². The molecule has 0 spiro atoms. The van der Waals surface area contributed by atoms with Gasteiger partial charge in [0, 0.05) is 12.6 Å². The van der Waals surface area contributed by atoms with Crippen molar-refractivity contribution in [3.8, 4) is 5.75 Å². The van der Waals surface area contributed by atoms with Crippen molar-refractivity contribution in [2.24, 2.45) is 0 Å². The number of carbonyl (C=O) groups is 1. The van der Waals surface area contributed by atoms with Gasteiger partial charge < -0.3 is 9.64 Å². The molecule has 1 amide bonds. The Morgan fingerprint density at radius 1 is 1.33 bits per heavy atom. The fourth-order valence-corrected chi connectivity index (χ4v) is 2.38. The smallest absolute Gasteiger partial charge is 0.316 e. The molecule has 6 heteroatoms. The molecule has 0 aromatic heterocycles. The second-order valence-corrected chi connectivity index (χ2v) is 5.29. The molecular weight excluding hydrogens is 296 g/mol. The number of likely N-dealkylation sites (tertiary alicyclic amines) is 1. The first kappa shape index (κ1) is 13.8. The lowest BCUT2D eigenvalue weighted by molar-refractivity contribution is 0.110. The number of benzene rings is 1. The molecule has 3 nitrogen and oxygen atoms in total. The van der Waals surface area contributed by atoms with Crippen LogP contribution in [0.25, 0.3) is 0 Å². The summed E-state index contributed by atoms with van der Waals surface area (Å²) in [6, 6.07) is 5.12. The van der Waals surface area contributed by atoms with Gasteiger partial charge in [0.15, 0.2) is 0 Å². The van der Waals surface area contributed by atoms with E-state index in [1.165, 1.54) is 0 Å². The van der Waals surface area contributed by atoms with Crippen molar-refractivity contribution in [3.05, 3.63) is 28.2 Å². The highest BCUT2D eigenvalue weighted by Crippen LogP contribution is 2.28. The summed E-state index contributed by atoms with van der Waals surface area (Å²) in [5.41, 5.74) is 0. The van der Waals surface area contributed by atoms with Crippen LogP contribution in [-0.2, 0) is 0 Å². The topological polar surface area (TPSA) is 29.5 Å². The van der Waals surface area contributed by atoms with Gasteiger partial charge in [-0.05, 0) is 36.6 Å². The maximum Gasteiger partial charge on any atom is 0.316 e. The van der Waals surface area contributed by atoms with Crippen LogP contribution >= 0.6 is 34.8 Å². The molecule has 1 saturated heterocycles. The summed E-state index contributed by atoms with van der Waals surface area (Å²) in [6.45, 7) is 1.19. The van der Waals surface area contributed by atoms with Crippen molar-refractivity contribution in [3.63, 3.8) is 0 Å². The predicted octanol–water partition coefficient (Wildman–Crippen LogP) is 4.20. The van der Waals surface area contributed by atoms with E-state index in [-0.39, 0.29) is 6.10 Å². The molecule has 1 heterocycles. The normalized spacial score (nSPS) is 19.7. The van der Waals surface area contributed by atoms with Gasteiger partial charge in [-0.2, -0.15) is 0 Å². The number of ether oxygens (including phenoxy) is 1. The van der Waals surface area contributed by atoms with E-state index >= 15 is 0 Å². The number of hydrogen-bond acceptors (Lipinski definition) is 2. The third-order valence-electron chi connectivity index (χ3n) is 2.82. The number of hydrogen-bond donors (Lipinski definition) is 0. The Bertz CT molecular complexity index is 453. The molecule has 1 fully saturated rings. The zero-order chi connectivity index (χ0) is 13.1. The highest BCUT2D eigenvalue weighted by Gasteiger charge is 2.23. The highest BCUT2D eigenvalue weighted by atomic mass is 35.5. The monoisotopic (exact) mass is 307 g/mol. The van der Waals surface area contributed by atoms with E-state index in [1.54, 1.807) is 23.1 Å². The van der Waals surface area contributed by atoms with Crippen LogP contribution in [0.2, 0.25) is 10.0 Å². The van der Waals surface area contributed by atoms with Crippen molar-refractivity contribution in [2.75, 3.05) is 13.1 Å². The number of carbonyl (C=O) groups excluding carboxylic acids is 1. The van der Waals surface area contributed by atoms with Crippen LogP contribution in [0.1, 0.15) is 12.8 Å². The first-order chi connectivity index (χ1) is 8.56. The molecule has 1 aromatic rings. The summed E-state index contributed by atoms with van der Waals surface area (Å²) >= 11 is 17.2. The van der Waals surface area contributed by atoms with Gasteiger partial charge in [0.05, 0.1) is 16.6 Å². The molecule has 0 saturated carbocycles. The fraction of sp³-hybridized carbons (Fsp3) is 0.417. The Balaban J connectivity index is 2.00. The predicted molar refractivity (Wildman–Crippen MR) is 72.9 cm³/mol. The maximum absolute atomic E-state index is 11.1. The van der Waals surface area contributed by atoms with E-state index < -0.39 is 5.37 Å². The van der Waals surface area contributed by atoms with Gasteiger partial charge in [0.1, 0.15) is 11.9 Å². The number of halogens is 3. The zero-order valence-corrected chi connectivity index (χ0v) is 11.8. The molecule has 0 N–H and O–H groups in total. The number of rotatable bonds is 2. The highest BCUT2D eigenvalue weighted by molar-refractivity contribution is 6.62. The molecule has 98 valence electrons. The zero-order valence-electron chi connectivity index (χ0n) is 9.54. The molecule has 1 aliphatic heterocycles. The molecular formula is C12H12Cl3NO2. The lowest BCUT2D eigenvalue weighted by atomic mass is 10.1. The quantitative estimate of drug-likeness (QED) is 0.605. The van der Waals surface area contributed by atoms with Crippen LogP contribution < -0.4 is 4.74 Å². The molecule has 18 heavy (non-hydrogen) atoms. The lowest BCUT2D eigenvalue weighted by Crippen LogP contribution is -2.42. The summed E-state index contributed by atoms with van der Waals surface area (Å²) in [5.74, 6) is 0.651. The fourth-order valence-electron chi connectivity index (χ4n) is 1.94. The van der Waals surface area contributed by atoms with Crippen LogP contribution in [0.4, 0.5) is 4.79 Å². The molecule has 1 atom stereocenters.